The van der Waals surface area contributed by atoms with Crippen LogP contribution in [0.15, 0.2) is 0 Å². The van der Waals surface area contributed by atoms with E-state index in [9.17, 15) is 4.79 Å². The molecule has 0 aromatic rings. The van der Waals surface area contributed by atoms with Gasteiger partial charge in [-0.2, -0.15) is 0 Å². The van der Waals surface area contributed by atoms with E-state index in [-0.39, 0.29) is 12.0 Å². The van der Waals surface area contributed by atoms with Crippen LogP contribution in [0.25, 0.3) is 0 Å². The van der Waals surface area contributed by atoms with E-state index in [2.05, 4.69) is 4.90 Å². The fraction of sp³-hybridized carbons (Fsp3) is 0.889. The Balaban J connectivity index is 2.17. The first-order valence-electron chi connectivity index (χ1n) is 4.78. The predicted molar refractivity (Wildman–Crippen MR) is 50.3 cm³/mol. The van der Waals surface area contributed by atoms with E-state index in [4.69, 9.17) is 10.5 Å². The molecule has 0 saturated carbocycles. The zero-order chi connectivity index (χ0) is 9.84. The van der Waals surface area contributed by atoms with E-state index in [0.717, 1.165) is 13.1 Å². The molecule has 13 heavy (non-hydrogen) atoms. The summed E-state index contributed by atoms with van der Waals surface area (Å²) < 4.78 is 4.86. The Morgan fingerprint density at radius 3 is 2.77 bits per heavy atom. The van der Waals surface area contributed by atoms with Gasteiger partial charge in [0, 0.05) is 25.2 Å². The number of esters is 1. The third-order valence-electron chi connectivity index (χ3n) is 2.33. The second-order valence-corrected chi connectivity index (χ2v) is 3.57. The number of hydrogen-bond donors (Lipinski definition) is 1. The molecular weight excluding hydrogens is 168 g/mol. The van der Waals surface area contributed by atoms with Crippen molar-refractivity contribution in [3.05, 3.63) is 0 Å². The topological polar surface area (TPSA) is 55.6 Å². The molecule has 1 rings (SSSR count). The fourth-order valence-electron chi connectivity index (χ4n) is 1.50. The molecule has 1 aliphatic rings. The van der Waals surface area contributed by atoms with Crippen LogP contribution in [0.1, 0.15) is 20.3 Å². The van der Waals surface area contributed by atoms with Crippen LogP contribution in [-0.4, -0.2) is 42.6 Å². The van der Waals surface area contributed by atoms with Crippen molar-refractivity contribution in [1.29, 1.82) is 0 Å². The Bertz CT molecular complexity index is 178. The maximum atomic E-state index is 11.1. The summed E-state index contributed by atoms with van der Waals surface area (Å²) in [6.07, 6.45) is 0.473. The lowest BCUT2D eigenvalue weighted by Gasteiger charge is -2.40. The molecule has 0 spiro atoms. The molecule has 0 radical (unpaired) electrons. The monoisotopic (exact) mass is 186 g/mol. The van der Waals surface area contributed by atoms with Crippen molar-refractivity contribution in [1.82, 2.24) is 4.90 Å². The lowest BCUT2D eigenvalue weighted by Crippen LogP contribution is -2.59. The van der Waals surface area contributed by atoms with Gasteiger partial charge in [0.2, 0.25) is 0 Å². The predicted octanol–water partition coefficient (Wildman–Crippen LogP) is -0.0290. The van der Waals surface area contributed by atoms with Crippen LogP contribution >= 0.6 is 0 Å². The SMILES string of the molecule is CCOC(=O)CC(C)N1CC(N)C1. The van der Waals surface area contributed by atoms with Gasteiger partial charge in [0.25, 0.3) is 0 Å². The van der Waals surface area contributed by atoms with Crippen LogP contribution in [0.3, 0.4) is 0 Å². The summed E-state index contributed by atoms with van der Waals surface area (Å²) >= 11 is 0. The zero-order valence-corrected chi connectivity index (χ0v) is 8.32. The summed E-state index contributed by atoms with van der Waals surface area (Å²) in [7, 11) is 0. The molecule has 0 aromatic carbocycles. The summed E-state index contributed by atoms with van der Waals surface area (Å²) in [5.41, 5.74) is 5.64. The average molecular weight is 186 g/mol. The van der Waals surface area contributed by atoms with Gasteiger partial charge in [-0.3, -0.25) is 9.69 Å². The first-order valence-corrected chi connectivity index (χ1v) is 4.78. The van der Waals surface area contributed by atoms with Gasteiger partial charge >= 0.3 is 5.97 Å². The molecule has 1 aliphatic heterocycles. The van der Waals surface area contributed by atoms with Crippen LogP contribution in [-0.2, 0) is 9.53 Å². The zero-order valence-electron chi connectivity index (χ0n) is 8.32. The van der Waals surface area contributed by atoms with Gasteiger partial charge in [-0.15, -0.1) is 0 Å². The summed E-state index contributed by atoms with van der Waals surface area (Å²) in [5, 5.41) is 0. The number of hydrogen-bond acceptors (Lipinski definition) is 4. The second-order valence-electron chi connectivity index (χ2n) is 3.57. The molecule has 1 saturated heterocycles. The summed E-state index contributed by atoms with van der Waals surface area (Å²) in [5.74, 6) is -0.115. The molecule has 0 aliphatic carbocycles. The first kappa shape index (κ1) is 10.5. The van der Waals surface area contributed by atoms with Crippen molar-refractivity contribution >= 4 is 5.97 Å². The Kier molecular flexibility index (Phi) is 3.69. The highest BCUT2D eigenvalue weighted by Gasteiger charge is 2.28. The quantitative estimate of drug-likeness (QED) is 0.626. The van der Waals surface area contributed by atoms with Gasteiger partial charge in [0.05, 0.1) is 13.0 Å². The number of likely N-dealkylation sites (tertiary alicyclic amines) is 1. The number of carbonyl (C=O) groups excluding carboxylic acids is 1. The second kappa shape index (κ2) is 4.58. The highest BCUT2D eigenvalue weighted by molar-refractivity contribution is 5.70. The average Bonchev–Trinajstić information content (AvgIpc) is 1.99. The highest BCUT2D eigenvalue weighted by Crippen LogP contribution is 2.13. The van der Waals surface area contributed by atoms with Crippen molar-refractivity contribution in [3.8, 4) is 0 Å². The third kappa shape index (κ3) is 2.97. The molecule has 1 atom stereocenters. The molecule has 4 nitrogen and oxygen atoms in total. The van der Waals surface area contributed by atoms with Crippen LogP contribution in [0.4, 0.5) is 0 Å². The van der Waals surface area contributed by atoms with Crippen LogP contribution < -0.4 is 5.73 Å². The molecular formula is C9H18N2O2. The van der Waals surface area contributed by atoms with Crippen LogP contribution in [0.5, 0.6) is 0 Å². The van der Waals surface area contributed by atoms with E-state index in [1.54, 1.807) is 0 Å². The van der Waals surface area contributed by atoms with E-state index < -0.39 is 0 Å². The summed E-state index contributed by atoms with van der Waals surface area (Å²) in [4.78, 5) is 13.3. The van der Waals surface area contributed by atoms with Crippen molar-refractivity contribution in [2.45, 2.75) is 32.4 Å². The minimum atomic E-state index is -0.115. The largest absolute Gasteiger partial charge is 0.466 e. The molecule has 0 bridgehead atoms. The molecule has 2 N–H and O–H groups in total. The van der Waals surface area contributed by atoms with Crippen LogP contribution in [0.2, 0.25) is 0 Å². The van der Waals surface area contributed by atoms with Gasteiger partial charge in [0.15, 0.2) is 0 Å². The Labute approximate surface area is 79.0 Å². The molecule has 0 amide bonds. The van der Waals surface area contributed by atoms with E-state index >= 15 is 0 Å². The number of rotatable bonds is 4. The molecule has 1 heterocycles. The number of nitrogens with two attached hydrogens (primary N) is 1. The van der Waals surface area contributed by atoms with Crippen molar-refractivity contribution < 1.29 is 9.53 Å². The van der Waals surface area contributed by atoms with E-state index in [0.29, 0.717) is 19.1 Å². The van der Waals surface area contributed by atoms with Crippen LogP contribution in [0, 0.1) is 0 Å². The maximum Gasteiger partial charge on any atom is 0.307 e. The van der Waals surface area contributed by atoms with Gasteiger partial charge in [-0.25, -0.2) is 0 Å². The minimum absolute atomic E-state index is 0.115. The number of nitrogens with zero attached hydrogens (tertiary/aromatic N) is 1. The highest BCUT2D eigenvalue weighted by atomic mass is 16.5. The third-order valence-corrected chi connectivity index (χ3v) is 2.33. The molecule has 4 heteroatoms. The van der Waals surface area contributed by atoms with Gasteiger partial charge in [-0.05, 0) is 13.8 Å². The minimum Gasteiger partial charge on any atom is -0.466 e. The standard InChI is InChI=1S/C9H18N2O2/c1-3-13-9(12)4-7(2)11-5-8(10)6-11/h7-8H,3-6,10H2,1-2H3. The Morgan fingerprint density at radius 1 is 1.69 bits per heavy atom. The first-order chi connectivity index (χ1) is 6.13. The number of ether oxygens (including phenoxy) is 1. The fourth-order valence-corrected chi connectivity index (χ4v) is 1.50. The molecule has 1 fully saturated rings. The smallest absolute Gasteiger partial charge is 0.307 e. The Morgan fingerprint density at radius 2 is 2.31 bits per heavy atom. The summed E-state index contributed by atoms with van der Waals surface area (Å²) in [6, 6.07) is 0.559. The van der Waals surface area contributed by atoms with Gasteiger partial charge < -0.3 is 10.5 Å². The lowest BCUT2D eigenvalue weighted by atomic mass is 10.1. The van der Waals surface area contributed by atoms with Crippen molar-refractivity contribution in [3.63, 3.8) is 0 Å². The lowest BCUT2D eigenvalue weighted by molar-refractivity contribution is -0.144. The van der Waals surface area contributed by atoms with Gasteiger partial charge in [-0.1, -0.05) is 0 Å². The maximum absolute atomic E-state index is 11.1. The molecule has 1 unspecified atom stereocenters. The molecule has 0 aromatic heterocycles. The van der Waals surface area contributed by atoms with E-state index in [1.807, 2.05) is 13.8 Å². The normalized spacial score (nSPS) is 20.8. The van der Waals surface area contributed by atoms with E-state index in [1.165, 1.54) is 0 Å². The molecule has 76 valence electrons. The summed E-state index contributed by atoms with van der Waals surface area (Å²) in [6.45, 7) is 6.12. The van der Waals surface area contributed by atoms with Crippen molar-refractivity contribution in [2.75, 3.05) is 19.7 Å². The van der Waals surface area contributed by atoms with Crippen molar-refractivity contribution in [2.24, 2.45) is 5.73 Å². The number of carbonyl (C=O) groups is 1. The Hall–Kier alpha value is -0.610. The van der Waals surface area contributed by atoms with Gasteiger partial charge in [0.1, 0.15) is 0 Å².